The van der Waals surface area contributed by atoms with Crippen molar-refractivity contribution in [2.75, 3.05) is 23.0 Å². The van der Waals surface area contributed by atoms with Gasteiger partial charge in [0, 0.05) is 11.8 Å². The standard InChI is InChI=1S/C14H21N5O2/c1-4-6-9-8(3)16-10-7-11(19-14(20)21-5-2)18-13(15)12(10)17-9/h7-8,16H,4-6H2,1-3H3,(H3,15,18,19,20)/t8-/m0/s1. The highest BCUT2D eigenvalue weighted by atomic mass is 16.5. The van der Waals surface area contributed by atoms with Crippen LogP contribution in [-0.2, 0) is 4.74 Å². The summed E-state index contributed by atoms with van der Waals surface area (Å²) in [6, 6.07) is 1.85. The predicted molar refractivity (Wildman–Crippen MR) is 84.4 cm³/mol. The first kappa shape index (κ1) is 15.1. The van der Waals surface area contributed by atoms with E-state index in [9.17, 15) is 4.79 Å². The number of carbonyl (C=O) groups excluding carboxylic acids is 1. The zero-order valence-electron chi connectivity index (χ0n) is 12.6. The molecule has 1 aromatic rings. The predicted octanol–water partition coefficient (Wildman–Crippen LogP) is 2.92. The van der Waals surface area contributed by atoms with Crippen molar-refractivity contribution in [3.8, 4) is 0 Å². The Balaban J connectivity index is 2.28. The van der Waals surface area contributed by atoms with Crippen molar-refractivity contribution in [3.05, 3.63) is 6.07 Å². The van der Waals surface area contributed by atoms with E-state index >= 15 is 0 Å². The average molecular weight is 291 g/mol. The van der Waals surface area contributed by atoms with Gasteiger partial charge in [0.15, 0.2) is 5.82 Å². The van der Waals surface area contributed by atoms with Crippen LogP contribution in [0.5, 0.6) is 0 Å². The molecule has 2 rings (SSSR count). The summed E-state index contributed by atoms with van der Waals surface area (Å²) in [6.07, 6.45) is 1.38. The summed E-state index contributed by atoms with van der Waals surface area (Å²) < 4.78 is 4.82. The zero-order valence-corrected chi connectivity index (χ0v) is 12.6. The van der Waals surface area contributed by atoms with Crippen LogP contribution in [0, 0.1) is 0 Å². The summed E-state index contributed by atoms with van der Waals surface area (Å²) in [5.41, 5.74) is 8.40. The van der Waals surface area contributed by atoms with E-state index in [1.54, 1.807) is 13.0 Å². The number of amides is 1. The highest BCUT2D eigenvalue weighted by Crippen LogP contribution is 2.36. The Morgan fingerprint density at radius 2 is 2.29 bits per heavy atom. The van der Waals surface area contributed by atoms with Crippen molar-refractivity contribution in [2.45, 2.75) is 39.7 Å². The van der Waals surface area contributed by atoms with Gasteiger partial charge in [0.25, 0.3) is 0 Å². The van der Waals surface area contributed by atoms with Gasteiger partial charge in [-0.3, -0.25) is 5.32 Å². The third kappa shape index (κ3) is 3.42. The topological polar surface area (TPSA) is 102 Å². The highest BCUT2D eigenvalue weighted by Gasteiger charge is 2.21. The molecule has 0 radical (unpaired) electrons. The van der Waals surface area contributed by atoms with Crippen LogP contribution < -0.4 is 16.4 Å². The normalized spacial score (nSPS) is 16.5. The molecule has 2 heterocycles. The van der Waals surface area contributed by atoms with E-state index in [1.165, 1.54) is 0 Å². The van der Waals surface area contributed by atoms with Crippen molar-refractivity contribution in [2.24, 2.45) is 4.99 Å². The van der Waals surface area contributed by atoms with Gasteiger partial charge in [-0.15, -0.1) is 0 Å². The first-order valence-corrected chi connectivity index (χ1v) is 7.13. The SMILES string of the molecule is CCCC1=Nc2c(cc(NC(=O)OCC)nc2N)N[C@H]1C. The Morgan fingerprint density at radius 3 is 2.95 bits per heavy atom. The van der Waals surface area contributed by atoms with Crippen molar-refractivity contribution in [1.29, 1.82) is 0 Å². The van der Waals surface area contributed by atoms with E-state index in [0.29, 0.717) is 18.1 Å². The molecule has 7 heteroatoms. The molecule has 7 nitrogen and oxygen atoms in total. The Hall–Kier alpha value is -2.31. The molecule has 21 heavy (non-hydrogen) atoms. The quantitative estimate of drug-likeness (QED) is 0.791. The fraction of sp³-hybridized carbons (Fsp3) is 0.500. The van der Waals surface area contributed by atoms with E-state index in [2.05, 4.69) is 27.5 Å². The van der Waals surface area contributed by atoms with Crippen molar-refractivity contribution < 1.29 is 9.53 Å². The number of nitrogens with zero attached hydrogens (tertiary/aromatic N) is 2. The number of aromatic nitrogens is 1. The second kappa shape index (κ2) is 6.43. The number of fused-ring (bicyclic) bond motifs is 1. The lowest BCUT2D eigenvalue weighted by molar-refractivity contribution is 0.168. The zero-order chi connectivity index (χ0) is 15.4. The minimum Gasteiger partial charge on any atom is -0.450 e. The molecule has 0 saturated carbocycles. The maximum absolute atomic E-state index is 11.4. The van der Waals surface area contributed by atoms with Gasteiger partial charge in [-0.1, -0.05) is 13.3 Å². The summed E-state index contributed by atoms with van der Waals surface area (Å²) in [5, 5.41) is 5.88. The van der Waals surface area contributed by atoms with E-state index in [-0.39, 0.29) is 11.9 Å². The minimum atomic E-state index is -0.552. The summed E-state index contributed by atoms with van der Waals surface area (Å²) in [5.74, 6) is 0.630. The van der Waals surface area contributed by atoms with Gasteiger partial charge in [-0.25, -0.2) is 14.8 Å². The van der Waals surface area contributed by atoms with Gasteiger partial charge in [0.05, 0.1) is 18.3 Å². The van der Waals surface area contributed by atoms with Gasteiger partial charge in [-0.05, 0) is 20.3 Å². The molecule has 1 amide bonds. The number of pyridine rings is 1. The molecule has 4 N–H and O–H groups in total. The van der Waals surface area contributed by atoms with Crippen LogP contribution in [0.25, 0.3) is 0 Å². The number of nitrogens with one attached hydrogen (secondary N) is 2. The van der Waals surface area contributed by atoms with Crippen molar-refractivity contribution >= 4 is 34.8 Å². The average Bonchev–Trinajstić information content (AvgIpc) is 2.41. The van der Waals surface area contributed by atoms with E-state index < -0.39 is 6.09 Å². The molecule has 0 fully saturated rings. The number of ether oxygens (including phenoxy) is 1. The van der Waals surface area contributed by atoms with E-state index in [4.69, 9.17) is 10.5 Å². The van der Waals surface area contributed by atoms with Crippen molar-refractivity contribution in [3.63, 3.8) is 0 Å². The second-order valence-corrected chi connectivity index (χ2v) is 4.85. The molecule has 0 saturated heterocycles. The third-order valence-corrected chi connectivity index (χ3v) is 3.16. The lowest BCUT2D eigenvalue weighted by Crippen LogP contribution is -2.29. The van der Waals surface area contributed by atoms with Gasteiger partial charge < -0.3 is 15.8 Å². The monoisotopic (exact) mass is 291 g/mol. The molecule has 1 aliphatic heterocycles. The fourth-order valence-electron chi connectivity index (χ4n) is 2.21. The van der Waals surface area contributed by atoms with Crippen LogP contribution in [0.2, 0.25) is 0 Å². The Morgan fingerprint density at radius 1 is 1.52 bits per heavy atom. The van der Waals surface area contributed by atoms with Gasteiger partial charge in [0.1, 0.15) is 11.5 Å². The van der Waals surface area contributed by atoms with Crippen LogP contribution in [-0.4, -0.2) is 29.4 Å². The first-order chi connectivity index (χ1) is 10.0. The number of nitrogens with two attached hydrogens (primary N) is 1. The molecular formula is C14H21N5O2. The number of hydrogen-bond acceptors (Lipinski definition) is 6. The maximum atomic E-state index is 11.4. The largest absolute Gasteiger partial charge is 0.450 e. The molecule has 0 unspecified atom stereocenters. The number of nitrogen functional groups attached to an aromatic ring is 1. The lowest BCUT2D eigenvalue weighted by Gasteiger charge is -2.25. The number of rotatable bonds is 4. The summed E-state index contributed by atoms with van der Waals surface area (Å²) in [4.78, 5) is 20.2. The lowest BCUT2D eigenvalue weighted by atomic mass is 10.1. The molecule has 0 aromatic carbocycles. The van der Waals surface area contributed by atoms with Crippen LogP contribution in [0.4, 0.5) is 27.8 Å². The van der Waals surface area contributed by atoms with Crippen molar-refractivity contribution in [1.82, 2.24) is 4.98 Å². The van der Waals surface area contributed by atoms with Gasteiger partial charge in [0.2, 0.25) is 0 Å². The summed E-state index contributed by atoms with van der Waals surface area (Å²) in [7, 11) is 0. The third-order valence-electron chi connectivity index (χ3n) is 3.16. The number of anilines is 3. The second-order valence-electron chi connectivity index (χ2n) is 4.85. The molecular weight excluding hydrogens is 270 g/mol. The molecule has 114 valence electrons. The Kier molecular flexibility index (Phi) is 4.62. The minimum absolute atomic E-state index is 0.134. The van der Waals surface area contributed by atoms with Crippen LogP contribution in [0.1, 0.15) is 33.6 Å². The van der Waals surface area contributed by atoms with E-state index in [0.717, 1.165) is 24.2 Å². The van der Waals surface area contributed by atoms with Crippen LogP contribution in [0.3, 0.4) is 0 Å². The van der Waals surface area contributed by atoms with Gasteiger partial charge in [-0.2, -0.15) is 0 Å². The Bertz CT molecular complexity index is 571. The van der Waals surface area contributed by atoms with Gasteiger partial charge >= 0.3 is 6.09 Å². The molecule has 1 aliphatic rings. The number of aliphatic imine (C=N–C) groups is 1. The van der Waals surface area contributed by atoms with Crippen LogP contribution in [0.15, 0.2) is 11.1 Å². The summed E-state index contributed by atoms with van der Waals surface area (Å²) >= 11 is 0. The first-order valence-electron chi connectivity index (χ1n) is 7.13. The maximum Gasteiger partial charge on any atom is 0.412 e. The molecule has 1 atom stereocenters. The fourth-order valence-corrected chi connectivity index (χ4v) is 2.21. The number of hydrogen-bond donors (Lipinski definition) is 3. The number of carbonyl (C=O) groups is 1. The smallest absolute Gasteiger partial charge is 0.412 e. The molecule has 1 aromatic heterocycles. The molecule has 0 aliphatic carbocycles. The Labute approximate surface area is 124 Å². The van der Waals surface area contributed by atoms with E-state index in [1.807, 2.05) is 6.92 Å². The highest BCUT2D eigenvalue weighted by molar-refractivity contribution is 6.00. The molecule has 0 bridgehead atoms. The summed E-state index contributed by atoms with van der Waals surface area (Å²) in [6.45, 7) is 6.19. The molecule has 0 spiro atoms. The van der Waals surface area contributed by atoms with Crippen LogP contribution >= 0.6 is 0 Å².